The van der Waals surface area contributed by atoms with E-state index in [1.807, 2.05) is 13.2 Å². The molecule has 0 bridgehead atoms. The highest BCUT2D eigenvalue weighted by Gasteiger charge is 2.44. The van der Waals surface area contributed by atoms with E-state index < -0.39 is 34.3 Å². The molecule has 0 saturated heterocycles. The molecule has 0 radical (unpaired) electrons. The zero-order valence-electron chi connectivity index (χ0n) is 19.7. The van der Waals surface area contributed by atoms with E-state index in [0.29, 0.717) is 17.7 Å². The van der Waals surface area contributed by atoms with Gasteiger partial charge < -0.3 is 4.74 Å². The molecule has 0 N–H and O–H groups in total. The number of anilines is 1. The van der Waals surface area contributed by atoms with Crippen molar-refractivity contribution < 1.29 is 27.5 Å². The Morgan fingerprint density at radius 3 is 2.47 bits per heavy atom. The maximum absolute atomic E-state index is 13.5. The zero-order chi connectivity index (χ0) is 26.7. The van der Waals surface area contributed by atoms with Gasteiger partial charge in [0.15, 0.2) is 0 Å². The summed E-state index contributed by atoms with van der Waals surface area (Å²) in [4.78, 5) is 27.0. The molecule has 0 spiro atoms. The summed E-state index contributed by atoms with van der Waals surface area (Å²) in [5.74, 6) is 0.859. The third kappa shape index (κ3) is 6.18. The van der Waals surface area contributed by atoms with Gasteiger partial charge in [-0.1, -0.05) is 40.5 Å². The second-order valence-corrected chi connectivity index (χ2v) is 10.7. The second kappa shape index (κ2) is 11.4. The summed E-state index contributed by atoms with van der Waals surface area (Å²) in [6.45, 7) is 2.02. The molecule has 3 amide bonds. The number of methoxy groups -OCH3 is 1. The number of carbonyl (C=O) groups is 2. The molecule has 0 aliphatic carbocycles. The van der Waals surface area contributed by atoms with Crippen molar-refractivity contribution in [2.24, 2.45) is 10.5 Å². The van der Waals surface area contributed by atoms with E-state index in [0.717, 1.165) is 39.7 Å². The monoisotopic (exact) mass is 605 g/mol. The van der Waals surface area contributed by atoms with Crippen LogP contribution in [0.15, 0.2) is 52.0 Å². The van der Waals surface area contributed by atoms with Gasteiger partial charge in [0.1, 0.15) is 0 Å². The molecule has 1 unspecified atom stereocenters. The summed E-state index contributed by atoms with van der Waals surface area (Å²) >= 11 is 11.0. The normalized spacial score (nSPS) is 17.7. The van der Waals surface area contributed by atoms with Crippen molar-refractivity contribution in [2.45, 2.75) is 25.9 Å². The lowest BCUT2D eigenvalue weighted by atomic mass is 9.78. The fourth-order valence-electron chi connectivity index (χ4n) is 3.99. The van der Waals surface area contributed by atoms with E-state index in [4.69, 9.17) is 16.3 Å². The van der Waals surface area contributed by atoms with Crippen LogP contribution in [0.1, 0.15) is 30.9 Å². The summed E-state index contributed by atoms with van der Waals surface area (Å²) in [6, 6.07) is 9.20. The molecular weight excluding hydrogens is 583 g/mol. The van der Waals surface area contributed by atoms with Gasteiger partial charge in [0, 0.05) is 9.89 Å². The molecule has 2 aromatic rings. The summed E-state index contributed by atoms with van der Waals surface area (Å²) in [6.07, 6.45) is -2.11. The van der Waals surface area contributed by atoms with E-state index in [9.17, 15) is 22.8 Å². The minimum absolute atomic E-state index is 0.123. The quantitative estimate of drug-likeness (QED) is 0.317. The van der Waals surface area contributed by atoms with E-state index in [-0.39, 0.29) is 12.2 Å². The van der Waals surface area contributed by atoms with Gasteiger partial charge in [-0.05, 0) is 66.8 Å². The minimum atomic E-state index is -4.59. The number of hydrazone groups is 1. The Labute approximate surface area is 224 Å². The maximum atomic E-state index is 13.5. The van der Waals surface area contributed by atoms with Crippen LogP contribution < -0.4 is 4.90 Å². The summed E-state index contributed by atoms with van der Waals surface area (Å²) in [7, 11) is 1.16. The van der Waals surface area contributed by atoms with E-state index in [1.54, 1.807) is 36.0 Å². The van der Waals surface area contributed by atoms with Gasteiger partial charge in [-0.25, -0.2) is 14.6 Å². The number of rotatable bonds is 6. The molecule has 1 aliphatic rings. The average molecular weight is 607 g/mol. The number of halogens is 5. The minimum Gasteiger partial charge on any atom is -0.452 e. The first-order valence-electron chi connectivity index (χ1n) is 10.8. The van der Waals surface area contributed by atoms with Gasteiger partial charge in [0.05, 0.1) is 35.6 Å². The smallest absolute Gasteiger partial charge is 0.422 e. The molecule has 1 heterocycles. The molecular formula is C24H24BrClF3N3O3S. The molecule has 1 aliphatic heterocycles. The van der Waals surface area contributed by atoms with Crippen molar-refractivity contribution in [3.63, 3.8) is 0 Å². The summed E-state index contributed by atoms with van der Waals surface area (Å²) < 4.78 is 45.3. The topological polar surface area (TPSA) is 62.2 Å². The number of thioether (sulfide) groups is 1. The van der Waals surface area contributed by atoms with Crippen LogP contribution in [0.4, 0.5) is 28.4 Å². The maximum Gasteiger partial charge on any atom is 0.422 e. The number of nitrogens with zero attached hydrogens (tertiary/aromatic N) is 3. The van der Waals surface area contributed by atoms with Gasteiger partial charge in [-0.2, -0.15) is 34.9 Å². The standard InChI is InChI=1S/C24H24BrClF3N3O3S/c1-23(11-4-12-36-3)14-31(21(33)32(22(34)35-2)17-8-6-16(25)7-9-17)30-20(23)15-5-10-18(19(26)13-15)24(27,28)29/h5-10,13H,4,11-12,14H2,1-3H3. The Kier molecular flexibility index (Phi) is 9.00. The number of amides is 3. The Balaban J connectivity index is 2.03. The molecule has 1 atom stereocenters. The first-order valence-corrected chi connectivity index (χ1v) is 13.4. The van der Waals surface area contributed by atoms with Crippen molar-refractivity contribution >= 4 is 62.8 Å². The van der Waals surface area contributed by atoms with Crippen LogP contribution in [0.2, 0.25) is 5.02 Å². The van der Waals surface area contributed by atoms with Gasteiger partial charge in [-0.15, -0.1) is 0 Å². The van der Waals surface area contributed by atoms with Gasteiger partial charge in [0.2, 0.25) is 0 Å². The highest BCUT2D eigenvalue weighted by atomic mass is 79.9. The SMILES string of the molecule is COC(=O)N(C(=O)N1CC(C)(CCCSC)C(c2ccc(C(F)(F)F)c(Cl)c2)=N1)c1ccc(Br)cc1. The number of ether oxygens (including phenoxy) is 1. The number of alkyl halides is 3. The fourth-order valence-corrected chi connectivity index (χ4v) is 4.97. The number of urea groups is 1. The number of hydrogen-bond donors (Lipinski definition) is 0. The zero-order valence-corrected chi connectivity index (χ0v) is 22.9. The van der Waals surface area contributed by atoms with Crippen LogP contribution in [-0.4, -0.2) is 48.5 Å². The number of carbonyl (C=O) groups excluding carboxylic acids is 2. The molecule has 0 aromatic heterocycles. The first kappa shape index (κ1) is 28.3. The number of imide groups is 1. The molecule has 6 nitrogen and oxygen atoms in total. The lowest BCUT2D eigenvalue weighted by molar-refractivity contribution is -0.137. The van der Waals surface area contributed by atoms with Gasteiger partial charge in [-0.3, -0.25) is 0 Å². The molecule has 2 aromatic carbocycles. The van der Waals surface area contributed by atoms with Crippen LogP contribution in [0, 0.1) is 5.41 Å². The molecule has 12 heteroatoms. The van der Waals surface area contributed by atoms with E-state index >= 15 is 0 Å². The Morgan fingerprint density at radius 2 is 1.92 bits per heavy atom. The fraction of sp³-hybridized carbons (Fsp3) is 0.375. The van der Waals surface area contributed by atoms with E-state index in [2.05, 4.69) is 21.0 Å². The summed E-state index contributed by atoms with van der Waals surface area (Å²) in [5.41, 5.74) is -0.553. The first-order chi connectivity index (χ1) is 16.9. The highest BCUT2D eigenvalue weighted by molar-refractivity contribution is 9.10. The van der Waals surface area contributed by atoms with Crippen molar-refractivity contribution in [2.75, 3.05) is 30.6 Å². The predicted octanol–water partition coefficient (Wildman–Crippen LogP) is 7.68. The lowest BCUT2D eigenvalue weighted by Crippen LogP contribution is -2.45. The number of hydrogen-bond acceptors (Lipinski definition) is 5. The molecule has 3 rings (SSSR count). The van der Waals surface area contributed by atoms with Gasteiger partial charge in [0.25, 0.3) is 0 Å². The van der Waals surface area contributed by atoms with Crippen molar-refractivity contribution in [1.29, 1.82) is 0 Å². The van der Waals surface area contributed by atoms with Crippen LogP contribution in [0.5, 0.6) is 0 Å². The van der Waals surface area contributed by atoms with Crippen LogP contribution in [-0.2, 0) is 10.9 Å². The van der Waals surface area contributed by atoms with E-state index in [1.165, 1.54) is 12.1 Å². The van der Waals surface area contributed by atoms with Gasteiger partial charge >= 0.3 is 18.3 Å². The third-order valence-electron chi connectivity index (χ3n) is 5.77. The molecule has 36 heavy (non-hydrogen) atoms. The highest BCUT2D eigenvalue weighted by Crippen LogP contribution is 2.40. The van der Waals surface area contributed by atoms with Crippen molar-refractivity contribution in [3.8, 4) is 0 Å². The van der Waals surface area contributed by atoms with Crippen LogP contribution in [0.25, 0.3) is 0 Å². The molecule has 0 fully saturated rings. The summed E-state index contributed by atoms with van der Waals surface area (Å²) in [5, 5.41) is 5.20. The Morgan fingerprint density at radius 1 is 1.25 bits per heavy atom. The van der Waals surface area contributed by atoms with Crippen LogP contribution in [0.3, 0.4) is 0 Å². The molecule has 0 saturated carbocycles. The molecule has 194 valence electrons. The number of benzene rings is 2. The Bertz CT molecular complexity index is 1160. The largest absolute Gasteiger partial charge is 0.452 e. The van der Waals surface area contributed by atoms with Crippen LogP contribution >= 0.6 is 39.3 Å². The predicted molar refractivity (Wildman–Crippen MR) is 140 cm³/mol. The average Bonchev–Trinajstić information content (AvgIpc) is 3.17. The van der Waals surface area contributed by atoms with Crippen molar-refractivity contribution in [3.05, 3.63) is 63.1 Å². The third-order valence-corrected chi connectivity index (χ3v) is 7.31. The lowest BCUT2D eigenvalue weighted by Gasteiger charge is -2.28. The second-order valence-electron chi connectivity index (χ2n) is 8.42. The van der Waals surface area contributed by atoms with Crippen molar-refractivity contribution in [1.82, 2.24) is 5.01 Å². The Hall–Kier alpha value is -2.24.